The fraction of sp³-hybridized carbons (Fsp3) is 0.481. The number of benzene rings is 2. The number of halogens is 4. The minimum atomic E-state index is -4.39. The Labute approximate surface area is 220 Å². The molecule has 196 valence electrons. The summed E-state index contributed by atoms with van der Waals surface area (Å²) in [4.78, 5) is 11.1. The summed E-state index contributed by atoms with van der Waals surface area (Å²) in [5.74, 6) is 1.09. The lowest BCUT2D eigenvalue weighted by molar-refractivity contribution is -0.137. The van der Waals surface area contributed by atoms with Crippen molar-refractivity contribution in [3.8, 4) is 0 Å². The molecule has 0 bridgehead atoms. The quantitative estimate of drug-likeness (QED) is 0.355. The number of rotatable bonds is 7. The van der Waals surface area contributed by atoms with E-state index in [0.717, 1.165) is 22.6 Å². The highest BCUT2D eigenvalue weighted by atomic mass is 35.5. The fourth-order valence-corrected chi connectivity index (χ4v) is 5.38. The van der Waals surface area contributed by atoms with Gasteiger partial charge in [-0.3, -0.25) is 0 Å². The van der Waals surface area contributed by atoms with Crippen LogP contribution in [-0.2, 0) is 15.7 Å². The Hall–Kier alpha value is -2.19. The van der Waals surface area contributed by atoms with Crippen molar-refractivity contribution in [1.29, 1.82) is 0 Å². The van der Waals surface area contributed by atoms with Crippen LogP contribution in [0.5, 0.6) is 0 Å². The van der Waals surface area contributed by atoms with E-state index in [1.165, 1.54) is 17.8 Å². The number of nitrogens with zero attached hydrogens (tertiary/aromatic N) is 2. The minimum absolute atomic E-state index is 0.182. The van der Waals surface area contributed by atoms with Crippen LogP contribution in [-0.4, -0.2) is 36.6 Å². The molecule has 36 heavy (non-hydrogen) atoms. The molecule has 0 aliphatic carbocycles. The molecule has 3 atom stereocenters. The molecular formula is C27H32ClF3N2O2S. The monoisotopic (exact) mass is 540 g/mol. The molecule has 0 fully saturated rings. The normalized spacial score (nSPS) is 21.1. The highest BCUT2D eigenvalue weighted by Crippen LogP contribution is 2.42. The molecule has 3 rings (SSSR count). The topological polar surface area (TPSA) is 43.2 Å². The summed E-state index contributed by atoms with van der Waals surface area (Å²) in [7, 11) is 0. The van der Waals surface area contributed by atoms with Gasteiger partial charge in [0.25, 0.3) is 0 Å². The lowest BCUT2D eigenvalue weighted by Gasteiger charge is -2.38. The van der Waals surface area contributed by atoms with Gasteiger partial charge in [0.2, 0.25) is 11.8 Å². The summed E-state index contributed by atoms with van der Waals surface area (Å²) < 4.78 is 51.1. The zero-order valence-electron chi connectivity index (χ0n) is 21.3. The molecular weight excluding hydrogens is 509 g/mol. The molecule has 0 amide bonds. The first-order chi connectivity index (χ1) is 16.9. The third-order valence-corrected chi connectivity index (χ3v) is 7.47. The van der Waals surface area contributed by atoms with Crippen LogP contribution in [0.3, 0.4) is 0 Å². The van der Waals surface area contributed by atoms with E-state index < -0.39 is 17.3 Å². The molecule has 0 N–H and O–H groups in total. The van der Waals surface area contributed by atoms with Gasteiger partial charge in [-0.1, -0.05) is 56.3 Å². The van der Waals surface area contributed by atoms with E-state index in [-0.39, 0.29) is 17.9 Å². The van der Waals surface area contributed by atoms with Gasteiger partial charge in [-0.05, 0) is 62.6 Å². The lowest BCUT2D eigenvalue weighted by atomic mass is 9.80. The van der Waals surface area contributed by atoms with Gasteiger partial charge in [-0.2, -0.15) is 13.2 Å². The third kappa shape index (κ3) is 6.20. The summed E-state index contributed by atoms with van der Waals surface area (Å²) in [6, 6.07) is 10.5. The van der Waals surface area contributed by atoms with Crippen LogP contribution in [0.4, 0.5) is 13.2 Å². The summed E-state index contributed by atoms with van der Waals surface area (Å²) >= 11 is 7.95. The van der Waals surface area contributed by atoms with Crippen LogP contribution in [0.1, 0.15) is 58.6 Å². The minimum Gasteiger partial charge on any atom is -0.480 e. The number of hydrogen-bond acceptors (Lipinski definition) is 5. The fourth-order valence-electron chi connectivity index (χ4n) is 4.05. The van der Waals surface area contributed by atoms with E-state index in [2.05, 4.69) is 13.8 Å². The molecule has 1 aliphatic heterocycles. The average molecular weight is 541 g/mol. The van der Waals surface area contributed by atoms with Crippen molar-refractivity contribution in [2.24, 2.45) is 15.9 Å². The first-order valence-electron chi connectivity index (χ1n) is 12.0. The molecule has 9 heteroatoms. The van der Waals surface area contributed by atoms with Gasteiger partial charge in [0.15, 0.2) is 0 Å². The number of aliphatic imine (C=N–C) groups is 2. The third-order valence-electron chi connectivity index (χ3n) is 6.17. The van der Waals surface area contributed by atoms with E-state index in [0.29, 0.717) is 34.9 Å². The maximum Gasteiger partial charge on any atom is 0.416 e. The van der Waals surface area contributed by atoms with Crippen LogP contribution in [0.25, 0.3) is 0 Å². The van der Waals surface area contributed by atoms with E-state index in [9.17, 15) is 13.2 Å². The van der Waals surface area contributed by atoms with E-state index in [1.807, 2.05) is 39.8 Å². The highest BCUT2D eigenvalue weighted by Gasteiger charge is 2.45. The van der Waals surface area contributed by atoms with Crippen LogP contribution < -0.4 is 0 Å². The molecule has 0 spiro atoms. The molecule has 0 aromatic heterocycles. The van der Waals surface area contributed by atoms with Crippen molar-refractivity contribution in [2.75, 3.05) is 13.2 Å². The average Bonchev–Trinajstić information content (AvgIpc) is 2.80. The van der Waals surface area contributed by atoms with Gasteiger partial charge in [0.1, 0.15) is 11.6 Å². The van der Waals surface area contributed by atoms with E-state index in [4.69, 9.17) is 31.1 Å². The van der Waals surface area contributed by atoms with Gasteiger partial charge >= 0.3 is 6.18 Å². The Balaban J connectivity index is 1.93. The van der Waals surface area contributed by atoms with Crippen molar-refractivity contribution in [2.45, 2.75) is 75.0 Å². The number of hydrogen-bond donors (Lipinski definition) is 0. The van der Waals surface area contributed by atoms with Crippen molar-refractivity contribution >= 4 is 35.2 Å². The second kappa shape index (κ2) is 11.5. The van der Waals surface area contributed by atoms with E-state index in [1.54, 1.807) is 12.1 Å². The van der Waals surface area contributed by atoms with Gasteiger partial charge in [-0.15, -0.1) is 0 Å². The molecule has 2 aromatic rings. The predicted molar refractivity (Wildman–Crippen MR) is 141 cm³/mol. The Bertz CT molecular complexity index is 1140. The Morgan fingerprint density at radius 1 is 1.03 bits per heavy atom. The highest BCUT2D eigenvalue weighted by molar-refractivity contribution is 7.99. The Morgan fingerprint density at radius 2 is 1.69 bits per heavy atom. The second-order valence-corrected chi connectivity index (χ2v) is 10.7. The number of alkyl halides is 3. The van der Waals surface area contributed by atoms with E-state index >= 15 is 0 Å². The zero-order chi connectivity index (χ0) is 26.7. The van der Waals surface area contributed by atoms with Crippen LogP contribution >= 0.6 is 23.4 Å². The van der Waals surface area contributed by atoms with Crippen LogP contribution in [0, 0.1) is 5.92 Å². The van der Waals surface area contributed by atoms with Gasteiger partial charge in [0, 0.05) is 20.7 Å². The zero-order valence-corrected chi connectivity index (χ0v) is 22.9. The standard InChI is InChI=1S/C27H32ClF3N2O2S/c1-7-34-24-23(16(3)4)32-25(35-8-2)26(6,33-24)17(5)21-13-12-20(15-22(21)28)36-19-11-9-10-18(14-19)27(29,30)31/h9-17,23H,7-8H2,1-6H3/t17?,23-,26+/m0/s1. The molecule has 1 heterocycles. The van der Waals surface area contributed by atoms with Gasteiger partial charge in [0.05, 0.1) is 18.8 Å². The first-order valence-corrected chi connectivity index (χ1v) is 13.2. The second-order valence-electron chi connectivity index (χ2n) is 9.12. The van der Waals surface area contributed by atoms with Crippen molar-refractivity contribution in [3.05, 3.63) is 58.6 Å². The largest absolute Gasteiger partial charge is 0.480 e. The first kappa shape index (κ1) is 28.4. The SMILES string of the molecule is CCOC1=N[C@](C)(C(C)c2ccc(Sc3cccc(C(F)(F)F)c3)cc2Cl)C(OCC)=N[C@H]1C(C)C. The molecule has 4 nitrogen and oxygen atoms in total. The molecule has 1 aliphatic rings. The van der Waals surface area contributed by atoms with Gasteiger partial charge < -0.3 is 9.47 Å². The Kier molecular flexibility index (Phi) is 9.04. The molecule has 1 unspecified atom stereocenters. The maximum atomic E-state index is 13.1. The maximum absolute atomic E-state index is 13.1. The summed E-state index contributed by atoms with van der Waals surface area (Å²) in [5.41, 5.74) is -0.687. The van der Waals surface area contributed by atoms with Crippen molar-refractivity contribution in [3.63, 3.8) is 0 Å². The smallest absolute Gasteiger partial charge is 0.416 e. The molecule has 0 saturated heterocycles. The van der Waals surface area contributed by atoms with Crippen molar-refractivity contribution < 1.29 is 22.6 Å². The molecule has 0 saturated carbocycles. The number of ether oxygens (including phenoxy) is 2. The Morgan fingerprint density at radius 3 is 2.28 bits per heavy atom. The van der Waals surface area contributed by atoms with Crippen LogP contribution in [0.15, 0.2) is 62.2 Å². The lowest BCUT2D eigenvalue weighted by Crippen LogP contribution is -2.48. The van der Waals surface area contributed by atoms with Crippen LogP contribution in [0.2, 0.25) is 5.02 Å². The summed E-state index contributed by atoms with van der Waals surface area (Å²) in [6.07, 6.45) is -4.39. The van der Waals surface area contributed by atoms with Crippen molar-refractivity contribution in [1.82, 2.24) is 0 Å². The molecule has 2 aromatic carbocycles. The predicted octanol–water partition coefficient (Wildman–Crippen LogP) is 8.28. The summed E-state index contributed by atoms with van der Waals surface area (Å²) in [6.45, 7) is 12.9. The summed E-state index contributed by atoms with van der Waals surface area (Å²) in [5, 5.41) is 0.496. The molecule has 0 radical (unpaired) electrons. The van der Waals surface area contributed by atoms with Gasteiger partial charge in [-0.25, -0.2) is 9.98 Å².